The maximum atomic E-state index is 15.0. The topological polar surface area (TPSA) is 434 Å². The predicted octanol–water partition coefficient (Wildman–Crippen LogP) is 1.04. The van der Waals surface area contributed by atoms with Crippen LogP contribution in [0.4, 0.5) is 8.78 Å². The highest BCUT2D eigenvalue weighted by atomic mass is 32.2. The minimum absolute atomic E-state index is 0.0305. The number of nitrogens with two attached hydrogens (primary N) is 1. The molecule has 9 rings (SSSR count). The smallest absolute Gasteiger partial charge is 0.305 e. The van der Waals surface area contributed by atoms with Gasteiger partial charge in [-0.05, 0) is 96.1 Å². The number of aliphatic carboxylic acids is 1. The van der Waals surface area contributed by atoms with E-state index in [-0.39, 0.29) is 71.7 Å². The van der Waals surface area contributed by atoms with Gasteiger partial charge in [0.2, 0.25) is 59.1 Å². The number of H-pyrrole nitrogens is 3. The molecule has 7 aromatic rings. The number of carboxylic acid groups (broad SMARTS) is 1. The minimum atomic E-state index is -2.06. The van der Waals surface area contributed by atoms with E-state index in [1.54, 1.807) is 0 Å². The zero-order chi connectivity index (χ0) is 70.2. The molecule has 518 valence electrons. The zero-order valence-corrected chi connectivity index (χ0v) is 54.5. The molecule has 98 heavy (non-hydrogen) atoms. The second kappa shape index (κ2) is 33.6. The second-order valence-electron chi connectivity index (χ2n) is 23.8. The van der Waals surface area contributed by atoms with Gasteiger partial charge in [-0.1, -0.05) is 36.4 Å². The molecular weight excluding hydrogens is 1310 g/mol. The van der Waals surface area contributed by atoms with Gasteiger partial charge >= 0.3 is 5.97 Å². The maximum absolute atomic E-state index is 15.0. The van der Waals surface area contributed by atoms with Crippen LogP contribution in [-0.2, 0) is 89.9 Å². The lowest BCUT2D eigenvalue weighted by molar-refractivity contribution is -0.143. The number of thioether (sulfide) groups is 2. The number of amides is 10. The van der Waals surface area contributed by atoms with Gasteiger partial charge in [0.05, 0.1) is 25.4 Å². The van der Waals surface area contributed by atoms with Gasteiger partial charge < -0.3 is 83.4 Å². The lowest BCUT2D eigenvalue weighted by atomic mass is 10.0. The number of aliphatic hydroxyl groups excluding tert-OH is 1. The number of carboxylic acids is 1. The fraction of sp³-hybridized carbons (Fsp3) is 0.364. The number of hydrogen-bond donors (Lipinski definition) is 15. The summed E-state index contributed by atoms with van der Waals surface area (Å²) >= 11 is 2.71. The van der Waals surface area contributed by atoms with E-state index < -0.39 is 157 Å². The first-order chi connectivity index (χ1) is 46.9. The van der Waals surface area contributed by atoms with Crippen molar-refractivity contribution in [3.05, 3.63) is 155 Å². The van der Waals surface area contributed by atoms with Crippen LogP contribution in [0.2, 0.25) is 0 Å². The summed E-state index contributed by atoms with van der Waals surface area (Å²) < 4.78 is 29.7. The first-order valence-electron chi connectivity index (χ1n) is 31.3. The molecule has 16 N–H and O–H groups in total. The summed E-state index contributed by atoms with van der Waals surface area (Å²) in [6.45, 7) is 0.435. The number of imidazole rings is 1. The molecule has 2 aliphatic heterocycles. The Bertz CT molecular complexity index is 4080. The fourth-order valence-electron chi connectivity index (χ4n) is 11.5. The summed E-state index contributed by atoms with van der Waals surface area (Å²) in [6.07, 6.45) is 1.71. The predicted molar refractivity (Wildman–Crippen MR) is 356 cm³/mol. The molecule has 2 aliphatic rings. The van der Waals surface area contributed by atoms with Gasteiger partial charge in [-0.2, -0.15) is 23.5 Å². The van der Waals surface area contributed by atoms with Crippen molar-refractivity contribution in [1.82, 2.24) is 67.4 Å². The van der Waals surface area contributed by atoms with Crippen molar-refractivity contribution in [1.29, 1.82) is 0 Å². The number of aromatic hydroxyl groups is 1. The normalized spacial score (nSPS) is 22.6. The standard InChI is InChI=1S/C66H74F2N14O14S2/c1-34(83)58-65(95)73-29-56(86)75-48(20-38-26-71-46-13-9-40(67)22-44(38)46)60(90)76-49(21-39-27-72-47-14-10-41(68)23-45(39)47)61(91)78-51(25-57(87)88)63(93)77-50(24-42-28-70-33-74-42)62(92)79-52(19-35-7-11-43(84)12-8-35)66(96)82-16-3-6-54(82)64(94)80-53(59(69)89)32-98-31-37-5-2-4-36(18-37)30-97-17-15-55(85)81-58/h2,4-5,7-14,18,22-23,26-28,33-34,48-54,58,71-72,83-84H,3,6,15-17,19-21,24-25,29-32H2,1H3,(H2,69,89)(H,70,74)(H,73,95)(H,75,86)(H,76,90)(H,77,93)(H,78,91)(H,79,92)(H,80,94)(H,81,85)(H,87,88)/t34-,48+,49+,50+,51+,52+,53+,54+,58+/m1/s1. The van der Waals surface area contributed by atoms with Crippen molar-refractivity contribution in [3.8, 4) is 5.75 Å². The molecule has 0 spiro atoms. The molecule has 5 heterocycles. The van der Waals surface area contributed by atoms with Crippen LogP contribution in [-0.4, -0.2) is 184 Å². The molecule has 1 saturated heterocycles. The third-order valence-electron chi connectivity index (χ3n) is 16.5. The highest BCUT2D eigenvalue weighted by Gasteiger charge is 2.41. The number of aromatic nitrogens is 4. The van der Waals surface area contributed by atoms with Crippen LogP contribution in [0.1, 0.15) is 66.1 Å². The Hall–Kier alpha value is -10.3. The lowest BCUT2D eigenvalue weighted by Gasteiger charge is -2.31. The van der Waals surface area contributed by atoms with Crippen molar-refractivity contribution in [2.45, 2.75) is 124 Å². The van der Waals surface area contributed by atoms with Crippen molar-refractivity contribution in [3.63, 3.8) is 0 Å². The molecule has 2 bridgehead atoms. The van der Waals surface area contributed by atoms with E-state index in [0.717, 1.165) is 17.2 Å². The number of halogens is 2. The van der Waals surface area contributed by atoms with Crippen molar-refractivity contribution in [2.75, 3.05) is 24.6 Å². The van der Waals surface area contributed by atoms with Gasteiger partial charge in [0.1, 0.15) is 65.7 Å². The summed E-state index contributed by atoms with van der Waals surface area (Å²) in [5, 5.41) is 52.0. The highest BCUT2D eigenvalue weighted by Crippen LogP contribution is 2.26. The molecule has 9 atom stereocenters. The number of aliphatic hydroxyl groups is 1. The third-order valence-corrected chi connectivity index (χ3v) is 18.6. The van der Waals surface area contributed by atoms with Crippen molar-refractivity contribution < 1.29 is 76.8 Å². The molecule has 32 heteroatoms. The van der Waals surface area contributed by atoms with Crippen LogP contribution in [0.25, 0.3) is 21.8 Å². The summed E-state index contributed by atoms with van der Waals surface area (Å²) in [4.78, 5) is 169. The van der Waals surface area contributed by atoms with Crippen LogP contribution in [0.3, 0.4) is 0 Å². The van der Waals surface area contributed by atoms with E-state index in [0.29, 0.717) is 39.9 Å². The Kier molecular flexibility index (Phi) is 24.6. The average molecular weight is 1390 g/mol. The number of carbonyl (C=O) groups excluding carboxylic acids is 10. The molecular formula is C66H74F2N14O14S2. The van der Waals surface area contributed by atoms with Gasteiger partial charge in [0, 0.05) is 108 Å². The molecule has 0 radical (unpaired) electrons. The SMILES string of the molecule is C[C@@H](O)[C@@H]1NC(=O)CCSCc2cccc(c2)CSC[C@@H](C(N)=O)NC(=O)[C@@H]2CCCN2C(=O)[C@H](Cc2ccc(O)cc2)NC(=O)[C@H](Cc2cnc[nH]2)NC(=O)[C@H](CC(=O)O)NC(=O)[C@H](Cc2c[nH]c3ccc(F)cc23)NC(=O)[C@H](Cc2c[nH]c3ccc(F)cc23)NC(=O)CNC1=O. The molecule has 0 saturated carbocycles. The molecule has 0 unspecified atom stereocenters. The van der Waals surface area contributed by atoms with Crippen molar-refractivity contribution >= 4 is 110 Å². The Balaban J connectivity index is 1.05. The molecule has 28 nitrogen and oxygen atoms in total. The van der Waals surface area contributed by atoms with Crippen LogP contribution in [0, 0.1) is 11.6 Å². The largest absolute Gasteiger partial charge is 0.508 e. The van der Waals surface area contributed by atoms with E-state index in [1.165, 1.54) is 115 Å². The number of primary amides is 1. The summed E-state index contributed by atoms with van der Waals surface area (Å²) in [5.74, 6) is -11.4. The molecule has 10 amide bonds. The van der Waals surface area contributed by atoms with Gasteiger partial charge in [0.25, 0.3) is 0 Å². The number of carbonyl (C=O) groups is 11. The number of rotatable bonds is 12. The number of nitrogens with zero attached hydrogens (tertiary/aromatic N) is 2. The number of aromatic amines is 3. The zero-order valence-electron chi connectivity index (χ0n) is 52.9. The number of benzene rings is 4. The molecule has 4 aromatic carbocycles. The van der Waals surface area contributed by atoms with Gasteiger partial charge in [0.15, 0.2) is 0 Å². The Labute approximate surface area is 567 Å². The number of hydrogen-bond acceptors (Lipinski definition) is 16. The Morgan fingerprint density at radius 3 is 1.83 bits per heavy atom. The van der Waals surface area contributed by atoms with Gasteiger partial charge in [-0.15, -0.1) is 0 Å². The van der Waals surface area contributed by atoms with Crippen LogP contribution < -0.4 is 48.3 Å². The Morgan fingerprint density at radius 2 is 1.23 bits per heavy atom. The number of phenols is 1. The number of nitrogens with one attached hydrogen (secondary N) is 11. The third kappa shape index (κ3) is 19.7. The quantitative estimate of drug-likeness (QED) is 0.0812. The van der Waals surface area contributed by atoms with Gasteiger partial charge in [-0.3, -0.25) is 52.7 Å². The van der Waals surface area contributed by atoms with Crippen molar-refractivity contribution in [2.24, 2.45) is 5.73 Å². The molecule has 3 aromatic heterocycles. The Morgan fingerprint density at radius 1 is 0.653 bits per heavy atom. The second-order valence-corrected chi connectivity index (χ2v) is 26.0. The summed E-state index contributed by atoms with van der Waals surface area (Å²) in [7, 11) is 0. The van der Waals surface area contributed by atoms with E-state index in [2.05, 4.69) is 62.5 Å². The van der Waals surface area contributed by atoms with E-state index >= 15 is 0 Å². The van der Waals surface area contributed by atoms with E-state index in [1.807, 2.05) is 24.3 Å². The molecule has 1 fully saturated rings. The fourth-order valence-corrected chi connectivity index (χ4v) is 13.4. The van der Waals surface area contributed by atoms with E-state index in [9.17, 15) is 76.8 Å². The number of fused-ring (bicyclic) bond motifs is 5. The van der Waals surface area contributed by atoms with Crippen LogP contribution in [0.15, 0.2) is 110 Å². The van der Waals surface area contributed by atoms with Crippen LogP contribution >= 0.6 is 23.5 Å². The van der Waals surface area contributed by atoms with Gasteiger partial charge in [-0.25, -0.2) is 13.8 Å². The summed E-state index contributed by atoms with van der Waals surface area (Å²) in [5.41, 5.74) is 9.60. The first kappa shape index (κ1) is 71.9. The number of phenolic OH excluding ortho intramolecular Hbond substituents is 1. The minimum Gasteiger partial charge on any atom is -0.508 e. The first-order valence-corrected chi connectivity index (χ1v) is 33.6. The molecule has 0 aliphatic carbocycles. The lowest BCUT2D eigenvalue weighted by Crippen LogP contribution is -2.61. The summed E-state index contributed by atoms with van der Waals surface area (Å²) in [6, 6.07) is 8.09. The average Bonchev–Trinajstić information content (AvgIpc) is 1.71. The maximum Gasteiger partial charge on any atom is 0.305 e. The highest BCUT2D eigenvalue weighted by molar-refractivity contribution is 7.98. The monoisotopic (exact) mass is 1390 g/mol. The van der Waals surface area contributed by atoms with Crippen LogP contribution in [0.5, 0.6) is 5.75 Å². The van der Waals surface area contributed by atoms with E-state index in [4.69, 9.17) is 5.73 Å².